The fourth-order valence-corrected chi connectivity index (χ4v) is 3.13. The summed E-state index contributed by atoms with van der Waals surface area (Å²) in [6, 6.07) is 0. The maximum atomic E-state index is 11.9. The molecule has 0 heterocycles. The predicted molar refractivity (Wildman–Crippen MR) is 112 cm³/mol. The number of carbonyl (C=O) groups is 1. The van der Waals surface area contributed by atoms with Gasteiger partial charge in [-0.25, -0.2) is 0 Å². The van der Waals surface area contributed by atoms with Gasteiger partial charge in [0.15, 0.2) is 0 Å². The van der Waals surface area contributed by atoms with Crippen LogP contribution in [-0.4, -0.2) is 12.1 Å². The number of rotatable bonds is 18. The van der Waals surface area contributed by atoms with Gasteiger partial charge in [0.25, 0.3) is 0 Å². The molecule has 25 heavy (non-hydrogen) atoms. The Labute approximate surface area is 159 Å². The lowest BCUT2D eigenvalue weighted by molar-refractivity contribution is -0.150. The lowest BCUT2D eigenvalue weighted by Gasteiger charge is -2.18. The second-order valence-corrected chi connectivity index (χ2v) is 7.33. The van der Waals surface area contributed by atoms with Gasteiger partial charge in [0.1, 0.15) is 6.10 Å². The number of carbonyl (C=O) groups excluding carboxylic acids is 1. The molecule has 0 bridgehead atoms. The molecule has 0 aliphatic heterocycles. The zero-order valence-electron chi connectivity index (χ0n) is 16.9. The monoisotopic (exact) mass is 356 g/mol. The summed E-state index contributed by atoms with van der Waals surface area (Å²) in [6.45, 7) is 6.63. The smallest absolute Gasteiger partial charge is 0.306 e. The average molecular weight is 357 g/mol. The van der Waals surface area contributed by atoms with Gasteiger partial charge in [-0.05, 0) is 32.1 Å². The van der Waals surface area contributed by atoms with E-state index in [2.05, 4.69) is 20.8 Å². The van der Waals surface area contributed by atoms with Crippen molar-refractivity contribution in [2.24, 2.45) is 0 Å². The first-order chi connectivity index (χ1) is 11.7. The predicted octanol–water partition coefficient (Wildman–Crippen LogP) is 8.23. The van der Waals surface area contributed by atoms with E-state index in [9.17, 15) is 4.79 Å². The van der Waals surface area contributed by atoms with Crippen LogP contribution in [0.5, 0.6) is 0 Å². The van der Waals surface area contributed by atoms with E-state index in [0.717, 1.165) is 25.7 Å². The first kappa shape index (κ1) is 26.7. The van der Waals surface area contributed by atoms with Gasteiger partial charge in [-0.3, -0.25) is 4.79 Å². The number of hydrogen-bond acceptors (Lipinski definition) is 2. The molecule has 2 nitrogen and oxygen atoms in total. The highest BCUT2D eigenvalue weighted by molar-refractivity contribution is 5.69. The molecular formula is C23H48O2. The van der Waals surface area contributed by atoms with Crippen molar-refractivity contribution in [2.45, 2.75) is 143 Å². The maximum Gasteiger partial charge on any atom is 0.306 e. The van der Waals surface area contributed by atoms with Crippen LogP contribution in [0.2, 0.25) is 0 Å². The van der Waals surface area contributed by atoms with Gasteiger partial charge in [0.2, 0.25) is 0 Å². The van der Waals surface area contributed by atoms with Gasteiger partial charge in [-0.2, -0.15) is 0 Å². The van der Waals surface area contributed by atoms with Crippen molar-refractivity contribution in [3.8, 4) is 0 Å². The third-order valence-corrected chi connectivity index (χ3v) is 4.79. The Kier molecular flexibility index (Phi) is 23.0. The first-order valence-electron chi connectivity index (χ1n) is 10.9. The van der Waals surface area contributed by atoms with Gasteiger partial charge in [0, 0.05) is 6.42 Å². The fraction of sp³-hybridized carbons (Fsp3) is 0.957. The Morgan fingerprint density at radius 2 is 1.04 bits per heavy atom. The molecule has 0 atom stereocenters. The minimum absolute atomic E-state index is 0. The normalized spacial score (nSPS) is 10.7. The van der Waals surface area contributed by atoms with Crippen molar-refractivity contribution in [3.05, 3.63) is 0 Å². The summed E-state index contributed by atoms with van der Waals surface area (Å²) in [5, 5.41) is 0. The van der Waals surface area contributed by atoms with Crippen LogP contribution in [0.3, 0.4) is 0 Å². The van der Waals surface area contributed by atoms with E-state index in [1.54, 1.807) is 0 Å². The van der Waals surface area contributed by atoms with Crippen LogP contribution in [0.25, 0.3) is 0 Å². The van der Waals surface area contributed by atoms with Crippen LogP contribution < -0.4 is 0 Å². The number of hydrogen-bond donors (Lipinski definition) is 0. The van der Waals surface area contributed by atoms with Crippen molar-refractivity contribution < 1.29 is 9.53 Å². The van der Waals surface area contributed by atoms with Crippen molar-refractivity contribution >= 4 is 5.97 Å². The highest BCUT2D eigenvalue weighted by Gasteiger charge is 2.13. The average Bonchev–Trinajstić information content (AvgIpc) is 2.58. The highest BCUT2D eigenvalue weighted by Crippen LogP contribution is 2.17. The van der Waals surface area contributed by atoms with E-state index in [-0.39, 0.29) is 19.5 Å². The topological polar surface area (TPSA) is 26.3 Å². The fourth-order valence-electron chi connectivity index (χ4n) is 3.13. The lowest BCUT2D eigenvalue weighted by atomic mass is 10.0. The third-order valence-electron chi connectivity index (χ3n) is 4.79. The summed E-state index contributed by atoms with van der Waals surface area (Å²) in [5.41, 5.74) is 0. The maximum absolute atomic E-state index is 11.9. The second kappa shape index (κ2) is 21.5. The summed E-state index contributed by atoms with van der Waals surface area (Å²) in [4.78, 5) is 11.9. The lowest BCUT2D eigenvalue weighted by Crippen LogP contribution is -2.18. The van der Waals surface area contributed by atoms with Crippen molar-refractivity contribution in [1.29, 1.82) is 0 Å². The number of unbranched alkanes of at least 4 members (excludes halogenated alkanes) is 11. The second-order valence-electron chi connectivity index (χ2n) is 7.33. The Bertz CT molecular complexity index is 247. The molecule has 0 N–H and O–H groups in total. The molecule has 0 fully saturated rings. The van der Waals surface area contributed by atoms with Crippen LogP contribution in [0.15, 0.2) is 0 Å². The van der Waals surface area contributed by atoms with Crippen molar-refractivity contribution in [2.75, 3.05) is 0 Å². The molecule has 2 heteroatoms. The molecule has 0 aliphatic rings. The van der Waals surface area contributed by atoms with Gasteiger partial charge >= 0.3 is 5.97 Å². The Balaban J connectivity index is 0. The Morgan fingerprint density at radius 1 is 0.640 bits per heavy atom. The highest BCUT2D eigenvalue weighted by atomic mass is 16.5. The first-order valence-corrected chi connectivity index (χ1v) is 10.9. The molecule has 0 saturated heterocycles. The molecule has 0 aliphatic carbocycles. The van der Waals surface area contributed by atoms with Crippen molar-refractivity contribution in [3.63, 3.8) is 0 Å². The van der Waals surface area contributed by atoms with Crippen LogP contribution in [0, 0.1) is 0 Å². The third kappa shape index (κ3) is 19.6. The summed E-state index contributed by atoms with van der Waals surface area (Å²) in [5.74, 6) is 0.0267. The zero-order chi connectivity index (χ0) is 17.9. The van der Waals surface area contributed by atoms with Crippen LogP contribution in [-0.2, 0) is 9.53 Å². The molecule has 152 valence electrons. The quantitative estimate of drug-likeness (QED) is 0.182. The minimum atomic E-state index is 0. The molecule has 0 aromatic heterocycles. The Morgan fingerprint density at radius 3 is 1.48 bits per heavy atom. The van der Waals surface area contributed by atoms with Crippen LogP contribution >= 0.6 is 0 Å². The molecule has 0 rings (SSSR count). The molecule has 0 unspecified atom stereocenters. The Hall–Kier alpha value is -0.530. The van der Waals surface area contributed by atoms with Gasteiger partial charge in [0.05, 0.1) is 0 Å². The van der Waals surface area contributed by atoms with Gasteiger partial charge < -0.3 is 4.74 Å². The molecule has 0 radical (unpaired) electrons. The number of ether oxygens (including phenoxy) is 1. The standard InChI is InChI=1S/C22H44O2.CH4/c1-4-7-10-12-14-16-18-21(24-22(23)20-9-6-3)19-17-15-13-11-8-5-2;/h21H,4-20H2,1-3H3;1H4. The molecule has 0 amide bonds. The van der Waals surface area contributed by atoms with Crippen molar-refractivity contribution in [1.82, 2.24) is 0 Å². The molecular weight excluding hydrogens is 308 g/mol. The summed E-state index contributed by atoms with van der Waals surface area (Å²) < 4.78 is 5.77. The SMILES string of the molecule is C.CCCCCCCCC(CCCCCCCC)OC(=O)CCCC. The van der Waals surface area contributed by atoms with E-state index in [0.29, 0.717) is 6.42 Å². The van der Waals surface area contributed by atoms with E-state index >= 15 is 0 Å². The van der Waals surface area contributed by atoms with Gasteiger partial charge in [-0.1, -0.05) is 98.8 Å². The molecule has 0 spiro atoms. The molecule has 0 saturated carbocycles. The minimum Gasteiger partial charge on any atom is -0.462 e. The summed E-state index contributed by atoms with van der Waals surface area (Å²) in [6.07, 6.45) is 20.6. The van der Waals surface area contributed by atoms with Gasteiger partial charge in [-0.15, -0.1) is 0 Å². The zero-order valence-corrected chi connectivity index (χ0v) is 16.9. The van der Waals surface area contributed by atoms with E-state index in [1.807, 2.05) is 0 Å². The largest absolute Gasteiger partial charge is 0.462 e. The van der Waals surface area contributed by atoms with E-state index < -0.39 is 0 Å². The molecule has 0 aromatic carbocycles. The number of esters is 1. The van der Waals surface area contributed by atoms with E-state index in [1.165, 1.54) is 77.0 Å². The van der Waals surface area contributed by atoms with Crippen LogP contribution in [0.1, 0.15) is 137 Å². The molecule has 0 aromatic rings. The summed E-state index contributed by atoms with van der Waals surface area (Å²) in [7, 11) is 0. The van der Waals surface area contributed by atoms with E-state index in [4.69, 9.17) is 4.74 Å². The van der Waals surface area contributed by atoms with Crippen LogP contribution in [0.4, 0.5) is 0 Å². The summed E-state index contributed by atoms with van der Waals surface area (Å²) >= 11 is 0.